The molecule has 0 aliphatic carbocycles. The summed E-state index contributed by atoms with van der Waals surface area (Å²) in [6, 6.07) is 14.1. The Kier molecular flexibility index (Phi) is 5.51. The summed E-state index contributed by atoms with van der Waals surface area (Å²) in [7, 11) is -1.77. The fourth-order valence-electron chi connectivity index (χ4n) is 3.28. The number of aromatic nitrogens is 3. The summed E-state index contributed by atoms with van der Waals surface area (Å²) in [5.74, 6) is 0.546. The number of anilines is 2. The second-order valence-electron chi connectivity index (χ2n) is 7.00. The largest absolute Gasteiger partial charge is 0.467 e. The van der Waals surface area contributed by atoms with Gasteiger partial charge in [-0.25, -0.2) is 8.42 Å². The predicted octanol–water partition coefficient (Wildman–Crippen LogP) is 4.81. The Morgan fingerprint density at radius 1 is 1.06 bits per heavy atom. The Hall–Kier alpha value is -3.23. The van der Waals surface area contributed by atoms with Gasteiger partial charge in [0.2, 0.25) is 0 Å². The molecule has 0 unspecified atom stereocenters. The van der Waals surface area contributed by atoms with E-state index < -0.39 is 9.84 Å². The van der Waals surface area contributed by atoms with Gasteiger partial charge in [-0.05, 0) is 61.0 Å². The molecule has 1 N–H and O–H groups in total. The number of hydrogen-bond acceptors (Lipinski definition) is 7. The number of methoxy groups -OCH3 is 1. The lowest BCUT2D eigenvalue weighted by atomic mass is 10.0. The van der Waals surface area contributed by atoms with E-state index in [1.54, 1.807) is 42.6 Å². The molecule has 0 bridgehead atoms. The van der Waals surface area contributed by atoms with E-state index in [1.807, 2.05) is 19.1 Å². The SMILES string of the molecule is COc1nc(Nc2ccc(S(C)(=O)=O)cc2)c2c(C)cc(-c3ncccc3Cl)cc2n1. The van der Waals surface area contributed by atoms with Gasteiger partial charge in [-0.15, -0.1) is 0 Å². The van der Waals surface area contributed by atoms with E-state index in [-0.39, 0.29) is 10.9 Å². The molecule has 0 atom stereocenters. The molecule has 2 heterocycles. The predicted molar refractivity (Wildman–Crippen MR) is 122 cm³/mol. The highest BCUT2D eigenvalue weighted by Gasteiger charge is 2.15. The number of ether oxygens (including phenoxy) is 1. The molecule has 0 radical (unpaired) electrons. The molecule has 158 valence electrons. The number of aryl methyl sites for hydroxylation is 1. The monoisotopic (exact) mass is 454 g/mol. The van der Waals surface area contributed by atoms with E-state index in [0.717, 1.165) is 16.5 Å². The molecule has 4 rings (SSSR count). The first-order valence-electron chi connectivity index (χ1n) is 9.30. The van der Waals surface area contributed by atoms with Gasteiger partial charge in [0.1, 0.15) is 5.82 Å². The van der Waals surface area contributed by atoms with Gasteiger partial charge in [0.15, 0.2) is 9.84 Å². The summed E-state index contributed by atoms with van der Waals surface area (Å²) >= 11 is 6.33. The molecule has 2 aromatic heterocycles. The van der Waals surface area contributed by atoms with Crippen molar-refractivity contribution in [1.29, 1.82) is 0 Å². The van der Waals surface area contributed by atoms with Crippen molar-refractivity contribution in [2.24, 2.45) is 0 Å². The molecule has 9 heteroatoms. The maximum absolute atomic E-state index is 11.7. The van der Waals surface area contributed by atoms with Crippen LogP contribution in [0.5, 0.6) is 6.01 Å². The third-order valence-electron chi connectivity index (χ3n) is 4.73. The second kappa shape index (κ2) is 8.13. The molecule has 0 aliphatic rings. The lowest BCUT2D eigenvalue weighted by molar-refractivity contribution is 0.382. The fourth-order valence-corrected chi connectivity index (χ4v) is 4.14. The number of benzene rings is 2. The molecule has 0 amide bonds. The maximum atomic E-state index is 11.7. The van der Waals surface area contributed by atoms with Gasteiger partial charge in [0, 0.05) is 29.1 Å². The molecule has 2 aromatic carbocycles. The van der Waals surface area contributed by atoms with Gasteiger partial charge < -0.3 is 10.1 Å². The van der Waals surface area contributed by atoms with Crippen LogP contribution in [0.15, 0.2) is 59.6 Å². The summed E-state index contributed by atoms with van der Waals surface area (Å²) in [5.41, 5.74) is 3.77. The number of pyridine rings is 1. The fraction of sp³-hybridized carbons (Fsp3) is 0.136. The van der Waals surface area contributed by atoms with E-state index in [9.17, 15) is 8.42 Å². The van der Waals surface area contributed by atoms with E-state index in [0.29, 0.717) is 27.7 Å². The van der Waals surface area contributed by atoms with Crippen LogP contribution in [0.2, 0.25) is 5.02 Å². The minimum atomic E-state index is -3.27. The van der Waals surface area contributed by atoms with Crippen LogP contribution in [-0.2, 0) is 9.84 Å². The third kappa shape index (κ3) is 4.30. The first-order chi connectivity index (χ1) is 14.8. The van der Waals surface area contributed by atoms with E-state index >= 15 is 0 Å². The van der Waals surface area contributed by atoms with E-state index in [2.05, 4.69) is 20.3 Å². The van der Waals surface area contributed by atoms with Gasteiger partial charge >= 0.3 is 6.01 Å². The summed E-state index contributed by atoms with van der Waals surface area (Å²) in [6.45, 7) is 1.95. The summed E-state index contributed by atoms with van der Waals surface area (Å²) in [4.78, 5) is 13.6. The minimum absolute atomic E-state index is 0.200. The van der Waals surface area contributed by atoms with Crippen LogP contribution in [0.25, 0.3) is 22.2 Å². The second-order valence-corrected chi connectivity index (χ2v) is 9.42. The van der Waals surface area contributed by atoms with Crippen molar-refractivity contribution >= 4 is 43.8 Å². The van der Waals surface area contributed by atoms with Gasteiger partial charge in [0.05, 0.1) is 28.2 Å². The molecule has 0 fully saturated rings. The van der Waals surface area contributed by atoms with Crippen molar-refractivity contribution in [1.82, 2.24) is 15.0 Å². The number of fused-ring (bicyclic) bond motifs is 1. The highest BCUT2D eigenvalue weighted by atomic mass is 35.5. The lowest BCUT2D eigenvalue weighted by Gasteiger charge is -2.14. The summed E-state index contributed by atoms with van der Waals surface area (Å²) < 4.78 is 28.7. The molecular formula is C22H19ClN4O3S. The van der Waals surface area contributed by atoms with Gasteiger partial charge in [-0.1, -0.05) is 11.6 Å². The van der Waals surface area contributed by atoms with Gasteiger partial charge in [0.25, 0.3) is 0 Å². The van der Waals surface area contributed by atoms with Crippen molar-refractivity contribution < 1.29 is 13.2 Å². The van der Waals surface area contributed by atoms with Crippen LogP contribution < -0.4 is 10.1 Å². The van der Waals surface area contributed by atoms with E-state index in [1.165, 1.54) is 13.4 Å². The number of nitrogens with zero attached hydrogens (tertiary/aromatic N) is 3. The normalized spacial score (nSPS) is 11.5. The standard InChI is InChI=1S/C22H19ClN4O3S/c1-13-11-14(20-17(23)5-4-10-24-20)12-18-19(13)21(27-22(26-18)30-2)25-15-6-8-16(9-7-15)31(3,28)29/h4-12H,1-3H3,(H,25,26,27). The van der Waals surface area contributed by atoms with Crippen LogP contribution in [0.3, 0.4) is 0 Å². The van der Waals surface area contributed by atoms with Crippen LogP contribution in [0, 0.1) is 6.92 Å². The van der Waals surface area contributed by atoms with Crippen LogP contribution in [0.1, 0.15) is 5.56 Å². The van der Waals surface area contributed by atoms with Crippen molar-refractivity contribution in [3.63, 3.8) is 0 Å². The first-order valence-corrected chi connectivity index (χ1v) is 11.6. The third-order valence-corrected chi connectivity index (χ3v) is 6.17. The average Bonchev–Trinajstić information content (AvgIpc) is 2.73. The number of sulfone groups is 1. The minimum Gasteiger partial charge on any atom is -0.467 e. The summed E-state index contributed by atoms with van der Waals surface area (Å²) in [6.07, 6.45) is 2.86. The molecule has 0 aliphatic heterocycles. The topological polar surface area (TPSA) is 94.1 Å². The Balaban J connectivity index is 1.83. The maximum Gasteiger partial charge on any atom is 0.318 e. The average molecular weight is 455 g/mol. The van der Waals surface area contributed by atoms with Gasteiger partial charge in [-0.2, -0.15) is 9.97 Å². The number of rotatable bonds is 5. The van der Waals surface area contributed by atoms with Crippen molar-refractivity contribution in [2.45, 2.75) is 11.8 Å². The molecule has 0 saturated heterocycles. The molecule has 7 nitrogen and oxygen atoms in total. The zero-order valence-corrected chi connectivity index (χ0v) is 18.6. The zero-order valence-electron chi connectivity index (χ0n) is 17.0. The summed E-state index contributed by atoms with van der Waals surface area (Å²) in [5, 5.41) is 4.60. The molecular weight excluding hydrogens is 436 g/mol. The smallest absolute Gasteiger partial charge is 0.318 e. The number of nitrogens with one attached hydrogen (secondary N) is 1. The van der Waals surface area contributed by atoms with E-state index in [4.69, 9.17) is 16.3 Å². The highest BCUT2D eigenvalue weighted by Crippen LogP contribution is 2.34. The number of hydrogen-bond donors (Lipinski definition) is 1. The molecule has 0 spiro atoms. The molecule has 0 saturated carbocycles. The first kappa shape index (κ1) is 21.0. The Bertz CT molecular complexity index is 1390. The van der Waals surface area contributed by atoms with Crippen molar-refractivity contribution in [3.8, 4) is 17.3 Å². The number of halogens is 1. The Labute approximate surface area is 185 Å². The van der Waals surface area contributed by atoms with Crippen molar-refractivity contribution in [3.05, 3.63) is 65.3 Å². The Morgan fingerprint density at radius 3 is 2.45 bits per heavy atom. The molecule has 31 heavy (non-hydrogen) atoms. The van der Waals surface area contributed by atoms with Crippen LogP contribution in [-0.4, -0.2) is 36.7 Å². The lowest BCUT2D eigenvalue weighted by Crippen LogP contribution is -2.02. The van der Waals surface area contributed by atoms with Crippen molar-refractivity contribution in [2.75, 3.05) is 18.7 Å². The highest BCUT2D eigenvalue weighted by molar-refractivity contribution is 7.90. The van der Waals surface area contributed by atoms with Crippen LogP contribution in [0.4, 0.5) is 11.5 Å². The van der Waals surface area contributed by atoms with Crippen LogP contribution >= 0.6 is 11.6 Å². The Morgan fingerprint density at radius 2 is 1.81 bits per heavy atom. The zero-order chi connectivity index (χ0) is 22.2. The molecule has 4 aromatic rings. The quantitative estimate of drug-likeness (QED) is 0.462. The van der Waals surface area contributed by atoms with Gasteiger partial charge in [-0.3, -0.25) is 4.98 Å².